The van der Waals surface area contributed by atoms with Gasteiger partial charge in [0, 0.05) is 18.5 Å². The van der Waals surface area contributed by atoms with E-state index in [-0.39, 0.29) is 13.0 Å². The number of nitrogens with zero attached hydrogens (tertiary/aromatic N) is 1. The fourth-order valence-electron chi connectivity index (χ4n) is 2.26. The van der Waals surface area contributed by atoms with Gasteiger partial charge in [-0.15, -0.1) is 0 Å². The molecule has 1 aliphatic heterocycles. The lowest BCUT2D eigenvalue weighted by Gasteiger charge is -2.41. The van der Waals surface area contributed by atoms with Crippen molar-refractivity contribution >= 4 is 15.9 Å². The van der Waals surface area contributed by atoms with Crippen LogP contribution in [0.3, 0.4) is 0 Å². The van der Waals surface area contributed by atoms with Gasteiger partial charge in [-0.1, -0.05) is 18.2 Å². The van der Waals surface area contributed by atoms with E-state index in [9.17, 15) is 18.4 Å². The van der Waals surface area contributed by atoms with E-state index in [1.165, 1.54) is 0 Å². The molecule has 0 aliphatic carbocycles. The van der Waals surface area contributed by atoms with Crippen LogP contribution in [0.25, 0.3) is 0 Å². The maximum atomic E-state index is 12.1. The van der Waals surface area contributed by atoms with Crippen molar-refractivity contribution in [2.45, 2.75) is 24.3 Å². The number of sulfonamides is 1. The predicted molar refractivity (Wildman–Crippen MR) is 72.1 cm³/mol. The monoisotopic (exact) mass is 299 g/mol. The summed E-state index contributed by atoms with van der Waals surface area (Å²) in [5, 5.41) is 18.1. The van der Waals surface area contributed by atoms with Crippen molar-refractivity contribution in [3.8, 4) is 0 Å². The number of carbonyl (C=O) groups excluding carboxylic acids is 1. The summed E-state index contributed by atoms with van der Waals surface area (Å²) in [6, 6.07) is 8.17. The smallest absolute Gasteiger partial charge is 0.253 e. The number of benzene rings is 1. The Balaban J connectivity index is 2.32. The minimum absolute atomic E-state index is 0.0426. The van der Waals surface area contributed by atoms with Crippen LogP contribution >= 0.6 is 0 Å². The molecular weight excluding hydrogens is 282 g/mol. The van der Waals surface area contributed by atoms with E-state index in [2.05, 4.69) is 5.32 Å². The average Bonchev–Trinajstić information content (AvgIpc) is 2.41. The van der Waals surface area contributed by atoms with Crippen molar-refractivity contribution in [1.82, 2.24) is 10.4 Å². The van der Waals surface area contributed by atoms with Crippen LogP contribution < -0.4 is 10.5 Å². The Morgan fingerprint density at radius 2 is 1.95 bits per heavy atom. The summed E-state index contributed by atoms with van der Waals surface area (Å²) in [5.41, 5.74) is 0.300. The highest BCUT2D eigenvalue weighted by atomic mass is 32.2. The molecule has 2 rings (SSSR count). The fourth-order valence-corrected chi connectivity index (χ4v) is 3.31. The quantitative estimate of drug-likeness (QED) is 0.739. The second-order valence-corrected chi connectivity index (χ2v) is 6.50. The van der Waals surface area contributed by atoms with Gasteiger partial charge in [-0.05, 0) is 25.0 Å². The predicted octanol–water partition coefficient (Wildman–Crippen LogP) is 0.234. The fraction of sp³-hybridized carbons (Fsp3) is 0.417. The van der Waals surface area contributed by atoms with Gasteiger partial charge in [0.05, 0.1) is 0 Å². The number of primary sulfonamides is 1. The molecule has 0 saturated carbocycles. The summed E-state index contributed by atoms with van der Waals surface area (Å²) in [6.07, 6.45) is 1.22. The zero-order chi connectivity index (χ0) is 14.8. The van der Waals surface area contributed by atoms with E-state index >= 15 is 0 Å². The van der Waals surface area contributed by atoms with E-state index in [1.807, 2.05) is 0 Å². The number of hydroxylamine groups is 2. The van der Waals surface area contributed by atoms with E-state index in [4.69, 9.17) is 5.14 Å². The van der Waals surface area contributed by atoms with Crippen LogP contribution in [0.15, 0.2) is 30.3 Å². The summed E-state index contributed by atoms with van der Waals surface area (Å²) in [4.78, 5) is 10.2. The molecule has 1 aromatic carbocycles. The molecule has 20 heavy (non-hydrogen) atoms. The molecule has 1 unspecified atom stereocenters. The minimum atomic E-state index is -4.20. The zero-order valence-electron chi connectivity index (χ0n) is 10.8. The molecule has 0 spiro atoms. The standard InChI is InChI=1S/C12H17N3O4S/c13-20(18,19)12(8-4-5-9-15(12)17)14-11(16)10-6-2-1-3-7-10/h1-3,6-7,17H,4-5,8-9H2,(H,14,16)(H2,13,18,19). The van der Waals surface area contributed by atoms with Gasteiger partial charge in [-0.2, -0.15) is 5.06 Å². The first-order chi connectivity index (χ1) is 9.37. The number of amides is 1. The molecule has 7 nitrogen and oxygen atoms in total. The third-order valence-corrected chi connectivity index (χ3v) is 4.83. The van der Waals surface area contributed by atoms with Crippen LogP contribution in [-0.2, 0) is 10.0 Å². The Bertz CT molecular complexity index is 590. The minimum Gasteiger partial charge on any atom is -0.318 e. The summed E-state index contributed by atoms with van der Waals surface area (Å²) >= 11 is 0. The topological polar surface area (TPSA) is 113 Å². The molecule has 4 N–H and O–H groups in total. The second-order valence-electron chi connectivity index (χ2n) is 4.73. The second kappa shape index (κ2) is 5.49. The molecule has 0 bridgehead atoms. The van der Waals surface area contributed by atoms with Crippen LogP contribution in [0, 0.1) is 0 Å². The molecule has 1 saturated heterocycles. The van der Waals surface area contributed by atoms with Crippen molar-refractivity contribution in [3.05, 3.63) is 35.9 Å². The highest BCUT2D eigenvalue weighted by Crippen LogP contribution is 2.28. The molecule has 1 heterocycles. The molecule has 8 heteroatoms. The SMILES string of the molecule is NS(=O)(=O)C1(NC(=O)c2ccccc2)CCCCN1O. The average molecular weight is 299 g/mol. The molecule has 1 atom stereocenters. The molecule has 110 valence electrons. The molecule has 1 amide bonds. The molecular formula is C12H17N3O4S. The molecule has 0 aromatic heterocycles. The van der Waals surface area contributed by atoms with Gasteiger partial charge in [0.2, 0.25) is 15.0 Å². The van der Waals surface area contributed by atoms with E-state index in [0.717, 1.165) is 0 Å². The lowest BCUT2D eigenvalue weighted by molar-refractivity contribution is -0.165. The van der Waals surface area contributed by atoms with Gasteiger partial charge >= 0.3 is 0 Å². The Morgan fingerprint density at radius 3 is 2.50 bits per heavy atom. The molecule has 1 fully saturated rings. The molecule has 1 aromatic rings. The van der Waals surface area contributed by atoms with Crippen LogP contribution in [-0.4, -0.2) is 36.1 Å². The van der Waals surface area contributed by atoms with Crippen molar-refractivity contribution in [2.75, 3.05) is 6.54 Å². The Kier molecular flexibility index (Phi) is 4.09. The highest BCUT2D eigenvalue weighted by Gasteiger charge is 2.49. The Morgan fingerprint density at radius 1 is 1.30 bits per heavy atom. The van der Waals surface area contributed by atoms with Gasteiger partial charge in [-0.3, -0.25) is 4.79 Å². The first kappa shape index (κ1) is 14.9. The number of nitrogens with two attached hydrogens (primary N) is 1. The number of carbonyl (C=O) groups is 1. The van der Waals surface area contributed by atoms with Crippen LogP contribution in [0.4, 0.5) is 0 Å². The third-order valence-electron chi connectivity index (χ3n) is 3.37. The number of nitrogens with one attached hydrogen (secondary N) is 1. The molecule has 1 aliphatic rings. The van der Waals surface area contributed by atoms with E-state index in [0.29, 0.717) is 23.5 Å². The van der Waals surface area contributed by atoms with Crippen LogP contribution in [0.5, 0.6) is 0 Å². The van der Waals surface area contributed by atoms with E-state index in [1.54, 1.807) is 30.3 Å². The zero-order valence-corrected chi connectivity index (χ0v) is 11.6. The maximum Gasteiger partial charge on any atom is 0.253 e. The molecule has 0 radical (unpaired) electrons. The van der Waals surface area contributed by atoms with Gasteiger partial charge in [0.25, 0.3) is 5.91 Å². The number of piperidine rings is 1. The first-order valence-electron chi connectivity index (χ1n) is 6.23. The van der Waals surface area contributed by atoms with Gasteiger partial charge in [0.1, 0.15) is 0 Å². The van der Waals surface area contributed by atoms with Gasteiger partial charge in [0.15, 0.2) is 0 Å². The lowest BCUT2D eigenvalue weighted by Crippen LogP contribution is -2.67. The summed E-state index contributed by atoms with van der Waals surface area (Å²) in [5.74, 6) is -0.597. The Labute approximate surface area is 117 Å². The van der Waals surface area contributed by atoms with Crippen molar-refractivity contribution in [1.29, 1.82) is 0 Å². The first-order valence-corrected chi connectivity index (χ1v) is 7.78. The maximum absolute atomic E-state index is 12.1. The van der Waals surface area contributed by atoms with E-state index < -0.39 is 20.9 Å². The lowest BCUT2D eigenvalue weighted by atomic mass is 10.1. The van der Waals surface area contributed by atoms with Gasteiger partial charge < -0.3 is 10.5 Å². The van der Waals surface area contributed by atoms with Crippen molar-refractivity contribution < 1.29 is 18.4 Å². The highest BCUT2D eigenvalue weighted by molar-refractivity contribution is 7.90. The van der Waals surface area contributed by atoms with Crippen LogP contribution in [0.1, 0.15) is 29.6 Å². The van der Waals surface area contributed by atoms with Crippen LogP contribution in [0.2, 0.25) is 0 Å². The number of hydrogen-bond acceptors (Lipinski definition) is 5. The summed E-state index contributed by atoms with van der Waals surface area (Å²) < 4.78 is 23.7. The van der Waals surface area contributed by atoms with Crippen molar-refractivity contribution in [3.63, 3.8) is 0 Å². The summed E-state index contributed by atoms with van der Waals surface area (Å²) in [6.45, 7) is 0.130. The summed E-state index contributed by atoms with van der Waals surface area (Å²) in [7, 11) is -4.20. The van der Waals surface area contributed by atoms with Crippen molar-refractivity contribution in [2.24, 2.45) is 5.14 Å². The number of rotatable bonds is 3. The third kappa shape index (κ3) is 2.68. The number of hydrogen-bond donors (Lipinski definition) is 3. The largest absolute Gasteiger partial charge is 0.318 e. The van der Waals surface area contributed by atoms with Gasteiger partial charge in [-0.25, -0.2) is 13.6 Å². The normalized spacial score (nSPS) is 24.3. The Hall–Kier alpha value is -1.48.